The number of ether oxygens (including phenoxy) is 1. The molecule has 0 atom stereocenters. The van der Waals surface area contributed by atoms with Crippen LogP contribution in [-0.2, 0) is 19.6 Å². The van der Waals surface area contributed by atoms with Gasteiger partial charge in [0.2, 0.25) is 0 Å². The summed E-state index contributed by atoms with van der Waals surface area (Å²) in [4.78, 5) is 16.2. The van der Waals surface area contributed by atoms with Gasteiger partial charge in [-0.05, 0) is 42.2 Å². The van der Waals surface area contributed by atoms with Crippen LogP contribution in [0.25, 0.3) is 0 Å². The first-order chi connectivity index (χ1) is 15.6. The molecule has 0 spiro atoms. The van der Waals surface area contributed by atoms with Crippen molar-refractivity contribution in [2.45, 2.75) is 39.9 Å². The number of aliphatic imine (C=N–C) groups is 1. The van der Waals surface area contributed by atoms with Crippen LogP contribution >= 0.6 is 24.0 Å². The van der Waals surface area contributed by atoms with Crippen LogP contribution in [0.15, 0.2) is 76.6 Å². The van der Waals surface area contributed by atoms with Crippen molar-refractivity contribution in [3.8, 4) is 5.75 Å². The second kappa shape index (κ2) is 13.7. The van der Waals surface area contributed by atoms with Crippen molar-refractivity contribution in [3.05, 3.63) is 99.5 Å². The Balaban J connectivity index is 0.00000385. The fourth-order valence-corrected chi connectivity index (χ4v) is 3.29. The van der Waals surface area contributed by atoms with Crippen LogP contribution in [0.2, 0.25) is 0 Å². The molecule has 0 unspecified atom stereocenters. The number of hydrogen-bond acceptors (Lipinski definition) is 3. The van der Waals surface area contributed by atoms with Gasteiger partial charge >= 0.3 is 0 Å². The van der Waals surface area contributed by atoms with E-state index < -0.39 is 0 Å². The third-order valence-electron chi connectivity index (χ3n) is 5.09. The summed E-state index contributed by atoms with van der Waals surface area (Å²) in [5, 5.41) is 6.71. The third-order valence-corrected chi connectivity index (χ3v) is 5.09. The predicted octanol–water partition coefficient (Wildman–Crippen LogP) is 4.48. The Morgan fingerprint density at radius 1 is 1.00 bits per heavy atom. The topological polar surface area (TPSA) is 67.7 Å². The maximum absolute atomic E-state index is 11.9. The van der Waals surface area contributed by atoms with E-state index in [1.54, 1.807) is 29.9 Å². The lowest BCUT2D eigenvalue weighted by atomic mass is 10.1. The Kier molecular flexibility index (Phi) is 11.0. The molecule has 1 heterocycles. The van der Waals surface area contributed by atoms with Crippen LogP contribution in [0.1, 0.15) is 35.6 Å². The molecule has 0 aliphatic carbocycles. The molecule has 0 fully saturated rings. The number of guanidine groups is 1. The van der Waals surface area contributed by atoms with E-state index in [1.165, 1.54) is 5.56 Å². The number of nitrogens with one attached hydrogen (secondary N) is 2. The Morgan fingerprint density at radius 2 is 1.73 bits per heavy atom. The minimum absolute atomic E-state index is 0. The van der Waals surface area contributed by atoms with Gasteiger partial charge in [-0.1, -0.05) is 49.4 Å². The molecule has 3 rings (SSSR count). The molecular weight excluding hydrogens is 527 g/mol. The van der Waals surface area contributed by atoms with E-state index in [-0.39, 0.29) is 29.5 Å². The standard InChI is InChI=1S/C26H32N4O2.HI/c1-4-15-32-24-16-20(2)8-13-23(24)18-29-26(27-3)28-17-21-9-11-22(12-10-21)19-30-14-6-5-7-25(30)31;/h5-14,16H,4,15,17-19H2,1-3H3,(H2,27,28,29);1H. The van der Waals surface area contributed by atoms with Crippen molar-refractivity contribution >= 4 is 29.9 Å². The first-order valence-electron chi connectivity index (χ1n) is 11.0. The predicted molar refractivity (Wildman–Crippen MR) is 146 cm³/mol. The van der Waals surface area contributed by atoms with E-state index >= 15 is 0 Å². The molecule has 7 heteroatoms. The number of benzene rings is 2. The smallest absolute Gasteiger partial charge is 0.250 e. The molecule has 2 aromatic carbocycles. The van der Waals surface area contributed by atoms with Gasteiger partial charge in [-0.15, -0.1) is 24.0 Å². The van der Waals surface area contributed by atoms with Crippen molar-refractivity contribution in [1.82, 2.24) is 15.2 Å². The summed E-state index contributed by atoms with van der Waals surface area (Å²) < 4.78 is 7.60. The highest BCUT2D eigenvalue weighted by molar-refractivity contribution is 14.0. The minimum Gasteiger partial charge on any atom is -0.493 e. The van der Waals surface area contributed by atoms with Gasteiger partial charge in [0.1, 0.15) is 5.75 Å². The Bertz CT molecular complexity index is 1090. The molecule has 176 valence electrons. The van der Waals surface area contributed by atoms with Gasteiger partial charge in [-0.3, -0.25) is 9.79 Å². The van der Waals surface area contributed by atoms with E-state index in [1.807, 2.05) is 6.07 Å². The lowest BCUT2D eigenvalue weighted by Crippen LogP contribution is -2.36. The van der Waals surface area contributed by atoms with Crippen molar-refractivity contribution in [2.75, 3.05) is 13.7 Å². The Hall–Kier alpha value is -2.81. The Morgan fingerprint density at radius 3 is 2.42 bits per heavy atom. The lowest BCUT2D eigenvalue weighted by molar-refractivity contribution is 0.313. The molecular formula is C26H33IN4O2. The molecule has 33 heavy (non-hydrogen) atoms. The molecule has 0 amide bonds. The molecule has 6 nitrogen and oxygen atoms in total. The zero-order chi connectivity index (χ0) is 22.8. The number of pyridine rings is 1. The third kappa shape index (κ3) is 8.24. The lowest BCUT2D eigenvalue weighted by Gasteiger charge is -2.15. The second-order valence-electron chi connectivity index (χ2n) is 7.72. The SMILES string of the molecule is CCCOc1cc(C)ccc1CNC(=NC)NCc1ccc(Cn2ccccc2=O)cc1.I. The minimum atomic E-state index is 0. The number of aryl methyl sites for hydroxylation is 1. The van der Waals surface area contributed by atoms with E-state index in [4.69, 9.17) is 4.74 Å². The fraction of sp³-hybridized carbons (Fsp3) is 0.308. The van der Waals surface area contributed by atoms with Crippen LogP contribution in [-0.4, -0.2) is 24.2 Å². The number of rotatable bonds is 9. The summed E-state index contributed by atoms with van der Waals surface area (Å²) >= 11 is 0. The van der Waals surface area contributed by atoms with Crippen LogP contribution in [0.3, 0.4) is 0 Å². The highest BCUT2D eigenvalue weighted by Gasteiger charge is 2.06. The molecule has 0 saturated heterocycles. The normalized spacial score (nSPS) is 10.9. The van der Waals surface area contributed by atoms with Gasteiger partial charge in [-0.2, -0.15) is 0 Å². The van der Waals surface area contributed by atoms with Gasteiger partial charge in [-0.25, -0.2) is 0 Å². The zero-order valence-corrected chi connectivity index (χ0v) is 21.8. The maximum atomic E-state index is 11.9. The van der Waals surface area contributed by atoms with Crippen molar-refractivity contribution in [3.63, 3.8) is 0 Å². The number of hydrogen-bond donors (Lipinski definition) is 2. The summed E-state index contributed by atoms with van der Waals surface area (Å²) in [6.07, 6.45) is 2.78. The largest absolute Gasteiger partial charge is 0.493 e. The van der Waals surface area contributed by atoms with Gasteiger partial charge in [0.15, 0.2) is 5.96 Å². The monoisotopic (exact) mass is 560 g/mol. The van der Waals surface area contributed by atoms with E-state index in [2.05, 4.69) is 71.9 Å². The molecule has 0 bridgehead atoms. The quantitative estimate of drug-likeness (QED) is 0.230. The first-order valence-corrected chi connectivity index (χ1v) is 11.0. The number of aromatic nitrogens is 1. The van der Waals surface area contributed by atoms with Gasteiger partial charge in [0.25, 0.3) is 5.56 Å². The van der Waals surface area contributed by atoms with E-state index in [9.17, 15) is 4.79 Å². The van der Waals surface area contributed by atoms with Crippen LogP contribution in [0.4, 0.5) is 0 Å². The average Bonchev–Trinajstić information content (AvgIpc) is 2.81. The Labute approximate surface area is 213 Å². The summed E-state index contributed by atoms with van der Waals surface area (Å²) in [6.45, 7) is 6.73. The summed E-state index contributed by atoms with van der Waals surface area (Å²) in [6, 6.07) is 19.7. The van der Waals surface area contributed by atoms with Crippen molar-refractivity contribution in [1.29, 1.82) is 0 Å². The summed E-state index contributed by atoms with van der Waals surface area (Å²) in [5.41, 5.74) is 4.52. The molecule has 0 radical (unpaired) electrons. The molecule has 2 N–H and O–H groups in total. The number of nitrogens with zero attached hydrogens (tertiary/aromatic N) is 2. The fourth-order valence-electron chi connectivity index (χ4n) is 3.29. The molecule has 0 aliphatic heterocycles. The van der Waals surface area contributed by atoms with Crippen molar-refractivity contribution < 1.29 is 4.74 Å². The summed E-state index contributed by atoms with van der Waals surface area (Å²) in [5.74, 6) is 1.65. The molecule has 0 aliphatic rings. The highest BCUT2D eigenvalue weighted by Crippen LogP contribution is 2.20. The van der Waals surface area contributed by atoms with Gasteiger partial charge in [0, 0.05) is 38.0 Å². The molecule has 0 saturated carbocycles. The van der Waals surface area contributed by atoms with E-state index in [0.29, 0.717) is 26.2 Å². The van der Waals surface area contributed by atoms with Crippen LogP contribution < -0.4 is 20.9 Å². The van der Waals surface area contributed by atoms with Gasteiger partial charge in [0.05, 0.1) is 13.2 Å². The molecule has 3 aromatic rings. The van der Waals surface area contributed by atoms with Gasteiger partial charge < -0.3 is 19.9 Å². The second-order valence-corrected chi connectivity index (χ2v) is 7.72. The first kappa shape index (κ1) is 26.4. The number of halogens is 1. The molecule has 1 aromatic heterocycles. The average molecular weight is 560 g/mol. The zero-order valence-electron chi connectivity index (χ0n) is 19.5. The van der Waals surface area contributed by atoms with Crippen LogP contribution in [0, 0.1) is 6.92 Å². The van der Waals surface area contributed by atoms with Crippen molar-refractivity contribution in [2.24, 2.45) is 4.99 Å². The summed E-state index contributed by atoms with van der Waals surface area (Å²) in [7, 11) is 1.76. The highest BCUT2D eigenvalue weighted by atomic mass is 127. The van der Waals surface area contributed by atoms with E-state index in [0.717, 1.165) is 34.8 Å². The maximum Gasteiger partial charge on any atom is 0.250 e. The van der Waals surface area contributed by atoms with Crippen LogP contribution in [0.5, 0.6) is 5.75 Å².